The van der Waals surface area contributed by atoms with E-state index < -0.39 is 6.61 Å². The number of hydrogen-bond donors (Lipinski definition) is 0. The van der Waals surface area contributed by atoms with Crippen LogP contribution in [0.4, 0.5) is 8.78 Å². The molecule has 0 aliphatic rings. The Bertz CT molecular complexity index is 750. The van der Waals surface area contributed by atoms with Crippen LogP contribution in [-0.2, 0) is 5.75 Å². The van der Waals surface area contributed by atoms with E-state index in [0.29, 0.717) is 10.9 Å². The van der Waals surface area contributed by atoms with Crippen molar-refractivity contribution in [3.63, 3.8) is 0 Å². The van der Waals surface area contributed by atoms with Crippen LogP contribution in [0.1, 0.15) is 5.56 Å². The van der Waals surface area contributed by atoms with Crippen molar-refractivity contribution >= 4 is 11.8 Å². The Labute approximate surface area is 135 Å². The predicted molar refractivity (Wildman–Crippen MR) is 81.8 cm³/mol. The summed E-state index contributed by atoms with van der Waals surface area (Å²) in [5, 5.41) is 12.3. The third-order valence-electron chi connectivity index (χ3n) is 2.96. The van der Waals surface area contributed by atoms with Crippen molar-refractivity contribution < 1.29 is 13.5 Å². The summed E-state index contributed by atoms with van der Waals surface area (Å²) >= 11 is 1.46. The summed E-state index contributed by atoms with van der Waals surface area (Å²) in [4.78, 5) is 0. The molecule has 118 valence electrons. The van der Waals surface area contributed by atoms with Crippen LogP contribution in [0, 0.1) is 0 Å². The van der Waals surface area contributed by atoms with Gasteiger partial charge in [-0.3, -0.25) is 0 Å². The van der Waals surface area contributed by atoms with Gasteiger partial charge < -0.3 is 4.74 Å². The third-order valence-corrected chi connectivity index (χ3v) is 3.95. The van der Waals surface area contributed by atoms with Gasteiger partial charge in [-0.1, -0.05) is 42.1 Å². The normalized spacial score (nSPS) is 10.9. The van der Waals surface area contributed by atoms with E-state index in [-0.39, 0.29) is 5.75 Å². The van der Waals surface area contributed by atoms with Crippen LogP contribution in [0.3, 0.4) is 0 Å². The van der Waals surface area contributed by atoms with Gasteiger partial charge in [-0.2, -0.15) is 13.5 Å². The van der Waals surface area contributed by atoms with Gasteiger partial charge >= 0.3 is 6.61 Å². The molecule has 3 rings (SSSR count). The Balaban J connectivity index is 1.66. The van der Waals surface area contributed by atoms with E-state index in [9.17, 15) is 8.78 Å². The number of rotatable bonds is 6. The lowest BCUT2D eigenvalue weighted by atomic mass is 10.2. The largest absolute Gasteiger partial charge is 0.435 e. The zero-order chi connectivity index (χ0) is 16.1. The van der Waals surface area contributed by atoms with Crippen molar-refractivity contribution in [3.05, 3.63) is 60.2 Å². The standard InChI is InChI=1S/C15H12F2N4OS/c16-14(17)22-13-8-6-11(7-9-13)10-23-15-18-19-20-21(15)12-4-2-1-3-5-12/h1-9,14H,10H2. The van der Waals surface area contributed by atoms with Gasteiger partial charge in [0.1, 0.15) is 5.75 Å². The van der Waals surface area contributed by atoms with E-state index in [1.165, 1.54) is 23.9 Å². The highest BCUT2D eigenvalue weighted by atomic mass is 32.2. The van der Waals surface area contributed by atoms with Crippen molar-refractivity contribution in [3.8, 4) is 11.4 Å². The van der Waals surface area contributed by atoms with Gasteiger partial charge in [0.05, 0.1) is 5.69 Å². The Kier molecular flexibility index (Phi) is 4.82. The average molecular weight is 334 g/mol. The molecule has 8 heteroatoms. The first kappa shape index (κ1) is 15.4. The number of ether oxygens (including phenoxy) is 1. The maximum atomic E-state index is 12.1. The lowest BCUT2D eigenvalue weighted by Gasteiger charge is -2.06. The van der Waals surface area contributed by atoms with Crippen molar-refractivity contribution in [2.45, 2.75) is 17.5 Å². The fraction of sp³-hybridized carbons (Fsp3) is 0.133. The number of alkyl halides is 2. The topological polar surface area (TPSA) is 52.8 Å². The van der Waals surface area contributed by atoms with Crippen molar-refractivity contribution in [2.24, 2.45) is 0 Å². The molecule has 0 radical (unpaired) electrons. The minimum absolute atomic E-state index is 0.142. The Morgan fingerprint density at radius 2 is 1.78 bits per heavy atom. The molecule has 23 heavy (non-hydrogen) atoms. The molecule has 3 aromatic rings. The number of halogens is 2. The molecule has 0 bridgehead atoms. The minimum atomic E-state index is -2.81. The summed E-state index contributed by atoms with van der Waals surface area (Å²) in [5.41, 5.74) is 1.83. The molecule has 0 saturated carbocycles. The summed E-state index contributed by atoms with van der Waals surface area (Å²) in [7, 11) is 0. The van der Waals surface area contributed by atoms with E-state index in [1.54, 1.807) is 16.8 Å². The van der Waals surface area contributed by atoms with E-state index in [0.717, 1.165) is 11.3 Å². The maximum absolute atomic E-state index is 12.1. The molecule has 0 saturated heterocycles. The van der Waals surface area contributed by atoms with Crippen molar-refractivity contribution in [1.82, 2.24) is 20.2 Å². The fourth-order valence-electron chi connectivity index (χ4n) is 1.92. The van der Waals surface area contributed by atoms with E-state index >= 15 is 0 Å². The van der Waals surface area contributed by atoms with Crippen LogP contribution in [0.25, 0.3) is 5.69 Å². The Morgan fingerprint density at radius 1 is 1.04 bits per heavy atom. The van der Waals surface area contributed by atoms with Gasteiger partial charge in [0.25, 0.3) is 0 Å². The molecule has 0 spiro atoms. The summed E-state index contributed by atoms with van der Waals surface area (Å²) in [6, 6.07) is 16.1. The minimum Gasteiger partial charge on any atom is -0.435 e. The van der Waals surface area contributed by atoms with E-state index in [2.05, 4.69) is 20.3 Å². The van der Waals surface area contributed by atoms with Gasteiger partial charge in [-0.25, -0.2) is 0 Å². The fourth-order valence-corrected chi connectivity index (χ4v) is 2.76. The molecule has 0 unspecified atom stereocenters. The van der Waals surface area contributed by atoms with Crippen LogP contribution in [0.15, 0.2) is 59.8 Å². The van der Waals surface area contributed by atoms with Gasteiger partial charge in [-0.15, -0.1) is 5.10 Å². The second-order valence-electron chi connectivity index (χ2n) is 4.52. The highest BCUT2D eigenvalue weighted by Gasteiger charge is 2.09. The van der Waals surface area contributed by atoms with Crippen LogP contribution in [0.5, 0.6) is 5.75 Å². The van der Waals surface area contributed by atoms with Crippen LogP contribution < -0.4 is 4.74 Å². The maximum Gasteiger partial charge on any atom is 0.387 e. The summed E-state index contributed by atoms with van der Waals surface area (Å²) < 4.78 is 30.2. The first-order valence-corrected chi connectivity index (χ1v) is 7.71. The molecule has 0 atom stereocenters. The van der Waals surface area contributed by atoms with Crippen LogP contribution in [0.2, 0.25) is 0 Å². The average Bonchev–Trinajstić information content (AvgIpc) is 3.03. The SMILES string of the molecule is FC(F)Oc1ccc(CSc2nnnn2-c2ccccc2)cc1. The third kappa shape index (κ3) is 4.04. The first-order valence-electron chi connectivity index (χ1n) is 6.73. The molecule has 0 N–H and O–H groups in total. The van der Waals surface area contributed by atoms with Gasteiger partial charge in [0.2, 0.25) is 5.16 Å². The molecule has 0 aliphatic carbocycles. The summed E-state index contributed by atoms with van der Waals surface area (Å²) in [5.74, 6) is 0.755. The Hall–Kier alpha value is -2.48. The molecule has 1 heterocycles. The molecule has 0 aliphatic heterocycles. The zero-order valence-corrected chi connectivity index (χ0v) is 12.7. The lowest BCUT2D eigenvalue weighted by molar-refractivity contribution is -0.0498. The molecular formula is C15H12F2N4OS. The highest BCUT2D eigenvalue weighted by Crippen LogP contribution is 2.24. The quantitative estimate of drug-likeness (QED) is 0.645. The Morgan fingerprint density at radius 3 is 2.48 bits per heavy atom. The molecule has 1 aromatic heterocycles. The summed E-state index contributed by atoms with van der Waals surface area (Å²) in [6.45, 7) is -2.81. The molecule has 5 nitrogen and oxygen atoms in total. The highest BCUT2D eigenvalue weighted by molar-refractivity contribution is 7.98. The zero-order valence-electron chi connectivity index (χ0n) is 11.8. The number of hydrogen-bond acceptors (Lipinski definition) is 5. The monoisotopic (exact) mass is 334 g/mol. The van der Waals surface area contributed by atoms with Crippen LogP contribution >= 0.6 is 11.8 Å². The second kappa shape index (κ2) is 7.19. The van der Waals surface area contributed by atoms with Gasteiger partial charge in [0, 0.05) is 5.75 Å². The second-order valence-corrected chi connectivity index (χ2v) is 5.46. The number of nitrogens with zero attached hydrogens (tertiary/aromatic N) is 4. The number of aromatic nitrogens is 4. The smallest absolute Gasteiger partial charge is 0.387 e. The van der Waals surface area contributed by atoms with Gasteiger partial charge in [0.15, 0.2) is 0 Å². The van der Waals surface area contributed by atoms with Gasteiger partial charge in [-0.05, 0) is 40.3 Å². The molecule has 2 aromatic carbocycles. The van der Waals surface area contributed by atoms with E-state index in [4.69, 9.17) is 0 Å². The first-order chi connectivity index (χ1) is 11.2. The van der Waals surface area contributed by atoms with Crippen molar-refractivity contribution in [2.75, 3.05) is 0 Å². The predicted octanol–water partition coefficient (Wildman–Crippen LogP) is 3.56. The molecule has 0 fully saturated rings. The number of thioether (sulfide) groups is 1. The number of tetrazole rings is 1. The van der Waals surface area contributed by atoms with Crippen molar-refractivity contribution in [1.29, 1.82) is 0 Å². The molecular weight excluding hydrogens is 322 g/mol. The number of benzene rings is 2. The lowest BCUT2D eigenvalue weighted by Crippen LogP contribution is -2.01. The van der Waals surface area contributed by atoms with E-state index in [1.807, 2.05) is 30.3 Å². The molecule has 0 amide bonds. The summed E-state index contributed by atoms with van der Waals surface area (Å²) in [6.07, 6.45) is 0. The van der Waals surface area contributed by atoms with Crippen LogP contribution in [-0.4, -0.2) is 26.8 Å². The number of para-hydroxylation sites is 1.